The van der Waals surface area contributed by atoms with Crippen molar-refractivity contribution in [2.24, 2.45) is 0 Å². The Morgan fingerprint density at radius 3 is 2.43 bits per heavy atom. The first-order valence-corrected chi connectivity index (χ1v) is 9.83. The molecule has 2 aromatic carbocycles. The molecule has 0 aliphatic carbocycles. The molecule has 144 valence electrons. The Labute approximate surface area is 167 Å². The van der Waals surface area contributed by atoms with Gasteiger partial charge in [-0.2, -0.15) is 5.26 Å². The number of rotatable bonds is 8. The van der Waals surface area contributed by atoms with Crippen LogP contribution in [-0.4, -0.2) is 30.0 Å². The Hall–Kier alpha value is -3.11. The van der Waals surface area contributed by atoms with Gasteiger partial charge in [0.25, 0.3) is 5.91 Å². The predicted octanol–water partition coefficient (Wildman–Crippen LogP) is 3.81. The molecule has 0 spiro atoms. The molecule has 0 saturated heterocycles. The number of nitrogens with zero attached hydrogens (tertiary/aromatic N) is 1. The summed E-state index contributed by atoms with van der Waals surface area (Å²) in [6, 6.07) is 15.7. The minimum absolute atomic E-state index is 0.00303. The minimum Gasteiger partial charge on any atom is -0.453 e. The zero-order valence-corrected chi connectivity index (χ0v) is 16.4. The first-order valence-electron chi connectivity index (χ1n) is 8.61. The highest BCUT2D eigenvalue weighted by Crippen LogP contribution is 2.17. The Morgan fingerprint density at radius 2 is 1.79 bits per heavy atom. The minimum atomic E-state index is -1.05. The molecular formula is C21H20N2O4S. The third kappa shape index (κ3) is 5.96. The van der Waals surface area contributed by atoms with Crippen molar-refractivity contribution < 1.29 is 19.1 Å². The normalized spacial score (nSPS) is 11.2. The van der Waals surface area contributed by atoms with Gasteiger partial charge in [0.15, 0.2) is 11.9 Å². The maximum atomic E-state index is 12.2. The van der Waals surface area contributed by atoms with E-state index in [1.807, 2.05) is 24.5 Å². The summed E-state index contributed by atoms with van der Waals surface area (Å²) >= 11 is 1.58. The molecule has 0 saturated carbocycles. The topological polar surface area (TPSA) is 96.3 Å². The fourth-order valence-electron chi connectivity index (χ4n) is 2.37. The van der Waals surface area contributed by atoms with Crippen molar-refractivity contribution in [3.8, 4) is 6.07 Å². The number of hydrogen-bond acceptors (Lipinski definition) is 6. The average molecular weight is 396 g/mol. The zero-order valence-electron chi connectivity index (χ0n) is 15.6. The molecule has 0 fully saturated rings. The van der Waals surface area contributed by atoms with E-state index in [0.29, 0.717) is 16.8 Å². The number of para-hydroxylation sites is 1. The van der Waals surface area contributed by atoms with E-state index in [-0.39, 0.29) is 18.6 Å². The Morgan fingerprint density at radius 1 is 1.11 bits per heavy atom. The second-order valence-corrected chi connectivity index (χ2v) is 6.81. The van der Waals surface area contributed by atoms with E-state index < -0.39 is 18.0 Å². The molecule has 0 unspecified atom stereocenters. The third-order valence-electron chi connectivity index (χ3n) is 3.95. The Kier molecular flexibility index (Phi) is 7.78. The highest BCUT2D eigenvalue weighted by atomic mass is 32.2. The number of carbonyl (C=O) groups excluding carboxylic acids is 3. The van der Waals surface area contributed by atoms with Crippen molar-refractivity contribution in [2.75, 3.05) is 11.6 Å². The number of nitrogens with one attached hydrogen (secondary N) is 1. The van der Waals surface area contributed by atoms with Gasteiger partial charge in [-0.3, -0.25) is 14.4 Å². The maximum absolute atomic E-state index is 12.2. The van der Waals surface area contributed by atoms with Crippen molar-refractivity contribution in [1.29, 1.82) is 5.26 Å². The van der Waals surface area contributed by atoms with Gasteiger partial charge in [0.05, 0.1) is 17.7 Å². The number of benzene rings is 2. The van der Waals surface area contributed by atoms with Crippen LogP contribution in [0.25, 0.3) is 0 Å². The number of nitriles is 1. The summed E-state index contributed by atoms with van der Waals surface area (Å²) < 4.78 is 5.09. The molecule has 0 heterocycles. The molecule has 0 aliphatic heterocycles. The molecule has 28 heavy (non-hydrogen) atoms. The number of ether oxygens (including phenoxy) is 1. The molecule has 1 amide bonds. The lowest BCUT2D eigenvalue weighted by Gasteiger charge is -2.14. The lowest BCUT2D eigenvalue weighted by molar-refractivity contribution is -0.153. The van der Waals surface area contributed by atoms with E-state index in [9.17, 15) is 14.4 Å². The second kappa shape index (κ2) is 10.3. The van der Waals surface area contributed by atoms with Crippen LogP contribution < -0.4 is 5.32 Å². The maximum Gasteiger partial charge on any atom is 0.307 e. The van der Waals surface area contributed by atoms with E-state index in [4.69, 9.17) is 10.00 Å². The van der Waals surface area contributed by atoms with E-state index in [1.54, 1.807) is 48.2 Å². The number of thioether (sulfide) groups is 1. The van der Waals surface area contributed by atoms with Crippen LogP contribution in [0.2, 0.25) is 0 Å². The van der Waals surface area contributed by atoms with Gasteiger partial charge in [-0.15, -0.1) is 11.8 Å². The Balaban J connectivity index is 1.83. The summed E-state index contributed by atoms with van der Waals surface area (Å²) in [6.07, 6.45) is 0.789. The van der Waals surface area contributed by atoms with Crippen LogP contribution in [0.1, 0.15) is 35.7 Å². The monoisotopic (exact) mass is 396 g/mol. The Bertz CT molecular complexity index is 903. The number of anilines is 1. The summed E-state index contributed by atoms with van der Waals surface area (Å²) in [5.41, 5.74) is 1.19. The molecule has 2 rings (SSSR count). The smallest absolute Gasteiger partial charge is 0.307 e. The molecular weight excluding hydrogens is 376 g/mol. The van der Waals surface area contributed by atoms with Gasteiger partial charge in [-0.1, -0.05) is 24.3 Å². The van der Waals surface area contributed by atoms with E-state index in [1.165, 1.54) is 6.92 Å². The third-order valence-corrected chi connectivity index (χ3v) is 4.69. The predicted molar refractivity (Wildman–Crippen MR) is 107 cm³/mol. The number of Topliss-reactive ketones (excluding diaryl/α,β-unsaturated/α-hetero) is 1. The molecule has 6 nitrogen and oxygen atoms in total. The van der Waals surface area contributed by atoms with Crippen LogP contribution in [0.3, 0.4) is 0 Å². The molecule has 1 atom stereocenters. The van der Waals surface area contributed by atoms with Gasteiger partial charge in [-0.05, 0) is 37.4 Å². The number of carbonyl (C=O) groups is 3. The first kappa shape index (κ1) is 21.2. The summed E-state index contributed by atoms with van der Waals surface area (Å²) in [5, 5.41) is 11.6. The van der Waals surface area contributed by atoms with Crippen LogP contribution in [0.5, 0.6) is 0 Å². The molecule has 0 aliphatic rings. The van der Waals surface area contributed by atoms with E-state index >= 15 is 0 Å². The van der Waals surface area contributed by atoms with Crippen LogP contribution in [0.4, 0.5) is 5.69 Å². The van der Waals surface area contributed by atoms with Crippen molar-refractivity contribution in [1.82, 2.24) is 0 Å². The van der Waals surface area contributed by atoms with Crippen LogP contribution >= 0.6 is 11.8 Å². The lowest BCUT2D eigenvalue weighted by Crippen LogP contribution is -2.30. The van der Waals surface area contributed by atoms with Gasteiger partial charge < -0.3 is 10.1 Å². The standard InChI is InChI=1S/C21H20N2O4S/c1-14(21(26)23-18-6-4-3-5-16(18)13-22)27-20(25)12-11-19(24)15-7-9-17(28-2)10-8-15/h3-10,14H,11-12H2,1-2H3,(H,23,26)/t14-/m1/s1. The van der Waals surface area contributed by atoms with Crippen molar-refractivity contribution in [3.63, 3.8) is 0 Å². The largest absolute Gasteiger partial charge is 0.453 e. The zero-order chi connectivity index (χ0) is 20.5. The van der Waals surface area contributed by atoms with E-state index in [2.05, 4.69) is 5.32 Å². The van der Waals surface area contributed by atoms with Gasteiger partial charge in [0.2, 0.25) is 0 Å². The van der Waals surface area contributed by atoms with Gasteiger partial charge >= 0.3 is 5.97 Å². The quantitative estimate of drug-likeness (QED) is 0.414. The molecule has 7 heteroatoms. The number of amides is 1. The fraction of sp³-hybridized carbons (Fsp3) is 0.238. The lowest BCUT2D eigenvalue weighted by atomic mass is 10.1. The number of ketones is 1. The van der Waals surface area contributed by atoms with Crippen LogP contribution in [0.15, 0.2) is 53.4 Å². The second-order valence-electron chi connectivity index (χ2n) is 5.93. The summed E-state index contributed by atoms with van der Waals surface area (Å²) in [5.74, 6) is -1.34. The summed E-state index contributed by atoms with van der Waals surface area (Å²) in [7, 11) is 0. The van der Waals surface area contributed by atoms with Gasteiger partial charge in [0.1, 0.15) is 6.07 Å². The van der Waals surface area contributed by atoms with Crippen molar-refractivity contribution in [2.45, 2.75) is 30.8 Å². The molecule has 0 radical (unpaired) electrons. The molecule has 0 aromatic heterocycles. The number of hydrogen-bond donors (Lipinski definition) is 1. The van der Waals surface area contributed by atoms with Crippen LogP contribution in [0, 0.1) is 11.3 Å². The summed E-state index contributed by atoms with van der Waals surface area (Å²) in [6.45, 7) is 1.44. The molecule has 2 aromatic rings. The average Bonchev–Trinajstić information content (AvgIpc) is 2.72. The SMILES string of the molecule is CSc1ccc(C(=O)CCC(=O)O[C@H](C)C(=O)Nc2ccccc2C#N)cc1. The first-order chi connectivity index (χ1) is 13.4. The highest BCUT2D eigenvalue weighted by molar-refractivity contribution is 7.98. The number of esters is 1. The van der Waals surface area contributed by atoms with Crippen LogP contribution in [-0.2, 0) is 14.3 Å². The molecule has 0 bridgehead atoms. The van der Waals surface area contributed by atoms with Crippen molar-refractivity contribution in [3.05, 3.63) is 59.7 Å². The molecule has 1 N–H and O–H groups in total. The van der Waals surface area contributed by atoms with E-state index in [0.717, 1.165) is 4.90 Å². The van der Waals surface area contributed by atoms with Gasteiger partial charge in [0, 0.05) is 16.9 Å². The summed E-state index contributed by atoms with van der Waals surface area (Å²) in [4.78, 5) is 37.3. The fourth-order valence-corrected chi connectivity index (χ4v) is 2.78. The highest BCUT2D eigenvalue weighted by Gasteiger charge is 2.19. The van der Waals surface area contributed by atoms with Crippen molar-refractivity contribution >= 4 is 35.1 Å². The van der Waals surface area contributed by atoms with Gasteiger partial charge in [-0.25, -0.2) is 0 Å².